The summed E-state index contributed by atoms with van der Waals surface area (Å²) in [5, 5.41) is 8.64. The number of allylic oxidation sites excluding steroid dienone is 2. The molecule has 0 aliphatic heterocycles. The Bertz CT molecular complexity index is 1090. The summed E-state index contributed by atoms with van der Waals surface area (Å²) in [4.78, 5) is 14.7. The third-order valence-electron chi connectivity index (χ3n) is 5.41. The Morgan fingerprint density at radius 1 is 1.19 bits per heavy atom. The maximum atomic E-state index is 12.8. The Labute approximate surface area is 193 Å². The fraction of sp³-hybridized carbons (Fsp3) is 0.476. The van der Waals surface area contributed by atoms with E-state index < -0.39 is 10.0 Å². The van der Waals surface area contributed by atoms with Gasteiger partial charge in [0.05, 0.1) is 10.6 Å². The van der Waals surface area contributed by atoms with E-state index >= 15 is 0 Å². The largest absolute Gasteiger partial charge is 0.335 e. The van der Waals surface area contributed by atoms with Crippen molar-refractivity contribution in [1.82, 2.24) is 24.1 Å². The van der Waals surface area contributed by atoms with Crippen molar-refractivity contribution in [2.24, 2.45) is 0 Å². The average Bonchev–Trinajstić information content (AvgIpc) is 3.44. The fourth-order valence-electron chi connectivity index (χ4n) is 3.72. The molecule has 1 heterocycles. The molecule has 2 aromatic rings. The molecule has 11 heteroatoms. The predicted octanol–water partition coefficient (Wildman–Crippen LogP) is 2.70. The van der Waals surface area contributed by atoms with E-state index in [4.69, 9.17) is 5.84 Å². The summed E-state index contributed by atoms with van der Waals surface area (Å²) < 4.78 is 28.4. The van der Waals surface area contributed by atoms with Crippen LogP contribution in [-0.2, 0) is 14.8 Å². The summed E-state index contributed by atoms with van der Waals surface area (Å²) in [5.41, 5.74) is 1.62. The minimum absolute atomic E-state index is 0.00233. The molecule has 32 heavy (non-hydrogen) atoms. The van der Waals surface area contributed by atoms with Crippen molar-refractivity contribution >= 4 is 27.7 Å². The first kappa shape index (κ1) is 24.3. The molecule has 1 aliphatic rings. The molecule has 0 saturated heterocycles. The lowest BCUT2D eigenvalue weighted by molar-refractivity contribution is -0.126. The molecular weight excluding hydrogens is 448 g/mol. The molecule has 2 N–H and O–H groups in total. The van der Waals surface area contributed by atoms with Crippen LogP contribution >= 0.6 is 11.8 Å². The molecule has 0 fully saturated rings. The Kier molecular flexibility index (Phi) is 7.96. The highest BCUT2D eigenvalue weighted by atomic mass is 32.2. The van der Waals surface area contributed by atoms with Crippen molar-refractivity contribution in [3.8, 4) is 11.4 Å². The van der Waals surface area contributed by atoms with Gasteiger partial charge in [-0.2, -0.15) is 4.31 Å². The number of sulfonamides is 1. The molecule has 9 nitrogen and oxygen atoms in total. The summed E-state index contributed by atoms with van der Waals surface area (Å²) in [6.07, 6.45) is 5.13. The van der Waals surface area contributed by atoms with Crippen LogP contribution in [0.25, 0.3) is 11.4 Å². The number of benzene rings is 1. The summed E-state index contributed by atoms with van der Waals surface area (Å²) in [7, 11) is -3.61. The molecule has 1 aromatic carbocycles. The number of nitrogens with two attached hydrogens (primary N) is 1. The molecule has 1 aliphatic carbocycles. The molecular formula is C21H30N6O3S2. The topological polar surface area (TPSA) is 114 Å². The number of aromatic nitrogens is 3. The van der Waals surface area contributed by atoms with E-state index in [2.05, 4.69) is 16.3 Å². The lowest BCUT2D eigenvalue weighted by Gasteiger charge is -2.21. The van der Waals surface area contributed by atoms with E-state index in [1.54, 1.807) is 43.0 Å². The van der Waals surface area contributed by atoms with Crippen LogP contribution in [0.5, 0.6) is 0 Å². The zero-order valence-electron chi connectivity index (χ0n) is 18.7. The molecule has 174 valence electrons. The molecule has 3 rings (SSSR count). The minimum atomic E-state index is -3.61. The lowest BCUT2D eigenvalue weighted by Crippen LogP contribution is -2.31. The molecule has 0 spiro atoms. The monoisotopic (exact) mass is 478 g/mol. The van der Waals surface area contributed by atoms with E-state index in [1.165, 1.54) is 20.7 Å². The first-order chi connectivity index (χ1) is 15.3. The zero-order chi connectivity index (χ0) is 23.3. The number of hydrogen-bond acceptors (Lipinski definition) is 7. The van der Waals surface area contributed by atoms with E-state index in [0.29, 0.717) is 36.2 Å². The van der Waals surface area contributed by atoms with Crippen molar-refractivity contribution in [2.75, 3.05) is 31.2 Å². The lowest BCUT2D eigenvalue weighted by atomic mass is 10.2. The van der Waals surface area contributed by atoms with E-state index in [0.717, 1.165) is 25.0 Å². The highest BCUT2D eigenvalue weighted by Crippen LogP contribution is 2.26. The molecule has 0 atom stereocenters. The molecule has 0 radical (unpaired) electrons. The summed E-state index contributed by atoms with van der Waals surface area (Å²) in [5.74, 6) is 6.73. The van der Waals surface area contributed by atoms with Crippen LogP contribution in [-0.4, -0.2) is 63.8 Å². The highest BCUT2D eigenvalue weighted by Gasteiger charge is 2.24. The maximum Gasteiger partial charge on any atom is 0.243 e. The van der Waals surface area contributed by atoms with E-state index in [1.807, 2.05) is 6.92 Å². The summed E-state index contributed by atoms with van der Waals surface area (Å²) >= 11 is 1.21. The quantitative estimate of drug-likeness (QED) is 0.412. The van der Waals surface area contributed by atoms with Gasteiger partial charge in [-0.1, -0.05) is 43.8 Å². The van der Waals surface area contributed by atoms with Gasteiger partial charge in [0, 0.05) is 30.9 Å². The number of nitrogen functional groups attached to an aromatic ring is 1. The summed E-state index contributed by atoms with van der Waals surface area (Å²) in [6.45, 7) is 6.96. The number of carbonyl (C=O) groups is 1. The Balaban J connectivity index is 1.77. The van der Waals surface area contributed by atoms with Crippen LogP contribution in [0.15, 0.2) is 46.1 Å². The number of amides is 1. The zero-order valence-corrected chi connectivity index (χ0v) is 20.3. The van der Waals surface area contributed by atoms with Gasteiger partial charge in [-0.25, -0.2) is 13.1 Å². The number of thioether (sulfide) groups is 1. The van der Waals surface area contributed by atoms with Gasteiger partial charge in [0.2, 0.25) is 21.1 Å². The van der Waals surface area contributed by atoms with Crippen LogP contribution < -0.4 is 5.84 Å². The van der Waals surface area contributed by atoms with Crippen molar-refractivity contribution in [2.45, 2.75) is 50.1 Å². The Hall–Kier alpha value is -2.37. The van der Waals surface area contributed by atoms with Crippen molar-refractivity contribution in [3.63, 3.8) is 0 Å². The van der Waals surface area contributed by atoms with Crippen LogP contribution in [0.4, 0.5) is 0 Å². The van der Waals surface area contributed by atoms with Crippen LogP contribution in [0, 0.1) is 0 Å². The highest BCUT2D eigenvalue weighted by molar-refractivity contribution is 7.99. The van der Waals surface area contributed by atoms with Gasteiger partial charge in [-0.05, 0) is 38.3 Å². The second-order valence-electron chi connectivity index (χ2n) is 7.31. The molecule has 0 bridgehead atoms. The normalized spacial score (nSPS) is 14.1. The van der Waals surface area contributed by atoms with Crippen molar-refractivity contribution in [1.29, 1.82) is 0 Å². The van der Waals surface area contributed by atoms with Crippen LogP contribution in [0.3, 0.4) is 0 Å². The van der Waals surface area contributed by atoms with Gasteiger partial charge in [0.1, 0.15) is 0 Å². The standard InChI is InChI=1S/C21H30N6O3S2/c1-4-25(5-2)32(29,30)18-13-9-10-16(14-18)20-23-24-21(27(20)22)31-15-19(28)26(6-3)17-11-7-8-12-17/h9-11,13-14H,4-8,12,15,22H2,1-3H3. The average molecular weight is 479 g/mol. The van der Waals surface area contributed by atoms with Crippen molar-refractivity contribution < 1.29 is 13.2 Å². The van der Waals surface area contributed by atoms with E-state index in [9.17, 15) is 13.2 Å². The summed E-state index contributed by atoms with van der Waals surface area (Å²) in [6, 6.07) is 6.50. The van der Waals surface area contributed by atoms with Crippen LogP contribution in [0.2, 0.25) is 0 Å². The second-order valence-corrected chi connectivity index (χ2v) is 10.2. The number of nitrogens with zero attached hydrogens (tertiary/aromatic N) is 5. The smallest absolute Gasteiger partial charge is 0.243 e. The maximum absolute atomic E-state index is 12.8. The molecule has 0 unspecified atom stereocenters. The third kappa shape index (κ3) is 5.00. The van der Waals surface area contributed by atoms with Gasteiger partial charge in [0.15, 0.2) is 5.82 Å². The molecule has 1 amide bonds. The van der Waals surface area contributed by atoms with Gasteiger partial charge in [0.25, 0.3) is 0 Å². The first-order valence-electron chi connectivity index (χ1n) is 10.8. The number of hydrogen-bond donors (Lipinski definition) is 1. The fourth-order valence-corrected chi connectivity index (χ4v) is 5.96. The van der Waals surface area contributed by atoms with Gasteiger partial charge in [-0.15, -0.1) is 10.2 Å². The van der Waals surface area contributed by atoms with Crippen molar-refractivity contribution in [3.05, 3.63) is 36.0 Å². The Morgan fingerprint density at radius 2 is 1.94 bits per heavy atom. The van der Waals surface area contributed by atoms with Gasteiger partial charge >= 0.3 is 0 Å². The Morgan fingerprint density at radius 3 is 2.56 bits per heavy atom. The minimum Gasteiger partial charge on any atom is -0.335 e. The molecule has 0 saturated carbocycles. The van der Waals surface area contributed by atoms with Gasteiger partial charge in [-0.3, -0.25) is 4.79 Å². The third-order valence-corrected chi connectivity index (χ3v) is 8.38. The number of rotatable bonds is 10. The van der Waals surface area contributed by atoms with E-state index in [-0.39, 0.29) is 16.6 Å². The SMILES string of the molecule is CCN(C(=O)CSc1nnc(-c2cccc(S(=O)(=O)N(CC)CC)c2)n1N)C1=CCCC1. The molecule has 1 aromatic heterocycles. The number of carbonyl (C=O) groups excluding carboxylic acids is 1. The van der Waals surface area contributed by atoms with Gasteiger partial charge < -0.3 is 10.7 Å². The second kappa shape index (κ2) is 10.5. The predicted molar refractivity (Wildman–Crippen MR) is 126 cm³/mol. The first-order valence-corrected chi connectivity index (χ1v) is 13.2. The van der Waals surface area contributed by atoms with Crippen LogP contribution in [0.1, 0.15) is 40.0 Å².